The first kappa shape index (κ1) is 13.6. The van der Waals surface area contributed by atoms with Crippen LogP contribution in [-0.2, 0) is 0 Å². The van der Waals surface area contributed by atoms with Crippen LogP contribution >= 0.6 is 15.9 Å². The number of aromatic nitrogens is 3. The van der Waals surface area contributed by atoms with Crippen molar-refractivity contribution in [1.82, 2.24) is 15.0 Å². The van der Waals surface area contributed by atoms with Gasteiger partial charge in [-0.3, -0.25) is 4.79 Å². The van der Waals surface area contributed by atoms with E-state index in [1.807, 2.05) is 24.3 Å². The summed E-state index contributed by atoms with van der Waals surface area (Å²) in [7, 11) is 0. The van der Waals surface area contributed by atoms with E-state index in [0.717, 1.165) is 10.2 Å². The molecule has 2 aromatic carbocycles. The van der Waals surface area contributed by atoms with E-state index < -0.39 is 0 Å². The monoisotopic (exact) mass is 345 g/mol. The van der Waals surface area contributed by atoms with E-state index in [2.05, 4.69) is 26.1 Å². The Hall–Kier alpha value is -2.34. The fraction of sp³-hybridized carbons (Fsp3) is 0. The standard InChI is InChI=1S/C15H9BrFN3O/c16-11-3-7-13(8-4-11)20-18-14(9-21)15(19-20)10-1-5-12(17)6-2-10/h1-9H. The Morgan fingerprint density at radius 1 is 1.00 bits per heavy atom. The normalized spacial score (nSPS) is 10.6. The number of hydrogen-bond acceptors (Lipinski definition) is 3. The van der Waals surface area contributed by atoms with Crippen molar-refractivity contribution in [2.45, 2.75) is 0 Å². The van der Waals surface area contributed by atoms with Crippen molar-refractivity contribution >= 4 is 22.2 Å². The number of nitrogens with zero attached hydrogens (tertiary/aromatic N) is 3. The van der Waals surface area contributed by atoms with Crippen molar-refractivity contribution in [2.75, 3.05) is 0 Å². The molecule has 1 heterocycles. The largest absolute Gasteiger partial charge is 0.296 e. The van der Waals surface area contributed by atoms with Gasteiger partial charge in [-0.1, -0.05) is 15.9 Å². The Morgan fingerprint density at radius 3 is 2.29 bits per heavy atom. The van der Waals surface area contributed by atoms with Crippen LogP contribution in [0.25, 0.3) is 16.9 Å². The molecule has 3 rings (SSSR count). The average Bonchev–Trinajstić information content (AvgIpc) is 2.93. The number of carbonyl (C=O) groups excluding carboxylic acids is 1. The first-order valence-corrected chi connectivity index (χ1v) is 6.91. The molecule has 0 N–H and O–H groups in total. The predicted molar refractivity (Wildman–Crippen MR) is 79.8 cm³/mol. The first-order chi connectivity index (χ1) is 10.2. The summed E-state index contributed by atoms with van der Waals surface area (Å²) in [6, 6.07) is 13.1. The molecule has 0 bridgehead atoms. The highest BCUT2D eigenvalue weighted by Gasteiger charge is 2.13. The van der Waals surface area contributed by atoms with Crippen LogP contribution in [0.5, 0.6) is 0 Å². The minimum absolute atomic E-state index is 0.213. The van der Waals surface area contributed by atoms with E-state index in [4.69, 9.17) is 0 Å². The summed E-state index contributed by atoms with van der Waals surface area (Å²) in [6.07, 6.45) is 0.640. The number of rotatable bonds is 3. The van der Waals surface area contributed by atoms with Gasteiger partial charge in [0.2, 0.25) is 0 Å². The minimum atomic E-state index is -0.341. The van der Waals surface area contributed by atoms with E-state index in [0.29, 0.717) is 17.5 Å². The number of hydrogen-bond donors (Lipinski definition) is 0. The molecule has 0 unspecified atom stereocenters. The molecule has 3 aromatic rings. The highest BCUT2D eigenvalue weighted by Crippen LogP contribution is 2.21. The van der Waals surface area contributed by atoms with Gasteiger partial charge in [-0.05, 0) is 48.5 Å². The van der Waals surface area contributed by atoms with Crippen LogP contribution < -0.4 is 0 Å². The second kappa shape index (κ2) is 5.57. The van der Waals surface area contributed by atoms with Gasteiger partial charge in [-0.25, -0.2) is 4.39 Å². The Balaban J connectivity index is 2.08. The van der Waals surface area contributed by atoms with Crippen molar-refractivity contribution in [1.29, 1.82) is 0 Å². The quantitative estimate of drug-likeness (QED) is 0.680. The van der Waals surface area contributed by atoms with Crippen LogP contribution in [0.1, 0.15) is 10.5 Å². The number of carbonyl (C=O) groups is 1. The lowest BCUT2D eigenvalue weighted by Gasteiger charge is -1.99. The molecule has 0 amide bonds. The summed E-state index contributed by atoms with van der Waals surface area (Å²) in [5.41, 5.74) is 2.01. The van der Waals surface area contributed by atoms with Gasteiger partial charge in [0.15, 0.2) is 12.0 Å². The molecule has 104 valence electrons. The van der Waals surface area contributed by atoms with Crippen molar-refractivity contribution < 1.29 is 9.18 Å². The van der Waals surface area contributed by atoms with Crippen LogP contribution in [-0.4, -0.2) is 21.3 Å². The molecule has 0 aliphatic carbocycles. The lowest BCUT2D eigenvalue weighted by atomic mass is 10.1. The maximum absolute atomic E-state index is 13.0. The molecule has 4 nitrogen and oxygen atoms in total. The molecule has 0 spiro atoms. The fourth-order valence-electron chi connectivity index (χ4n) is 1.90. The van der Waals surface area contributed by atoms with E-state index in [-0.39, 0.29) is 11.5 Å². The summed E-state index contributed by atoms with van der Waals surface area (Å²) in [5.74, 6) is -0.341. The second-order valence-corrected chi connectivity index (χ2v) is 5.24. The van der Waals surface area contributed by atoms with Gasteiger partial charge in [-0.2, -0.15) is 4.80 Å². The highest BCUT2D eigenvalue weighted by atomic mass is 79.9. The maximum atomic E-state index is 13.0. The number of aldehydes is 1. The molecule has 0 radical (unpaired) electrons. The molecule has 0 aliphatic heterocycles. The van der Waals surface area contributed by atoms with E-state index in [1.54, 1.807) is 12.1 Å². The van der Waals surface area contributed by atoms with E-state index in [1.165, 1.54) is 16.9 Å². The fourth-order valence-corrected chi connectivity index (χ4v) is 2.16. The van der Waals surface area contributed by atoms with Gasteiger partial charge in [0.25, 0.3) is 0 Å². The van der Waals surface area contributed by atoms with Crippen LogP contribution in [0.3, 0.4) is 0 Å². The molecule has 6 heteroatoms. The lowest BCUT2D eigenvalue weighted by molar-refractivity contribution is 0.111. The molecule has 0 atom stereocenters. The Kier molecular flexibility index (Phi) is 3.62. The summed E-state index contributed by atoms with van der Waals surface area (Å²) < 4.78 is 13.9. The molecular weight excluding hydrogens is 337 g/mol. The summed E-state index contributed by atoms with van der Waals surface area (Å²) in [5, 5.41) is 8.47. The Labute approximate surface area is 128 Å². The van der Waals surface area contributed by atoms with Gasteiger partial charge in [0, 0.05) is 10.0 Å². The van der Waals surface area contributed by atoms with Crippen LogP contribution in [0.4, 0.5) is 4.39 Å². The summed E-state index contributed by atoms with van der Waals surface area (Å²) >= 11 is 3.35. The molecule has 1 aromatic heterocycles. The van der Waals surface area contributed by atoms with Crippen LogP contribution in [0.2, 0.25) is 0 Å². The predicted octanol–water partition coefficient (Wildman–Crippen LogP) is 3.65. The SMILES string of the molecule is O=Cc1nn(-c2ccc(Br)cc2)nc1-c1ccc(F)cc1. The Morgan fingerprint density at radius 2 is 1.67 bits per heavy atom. The minimum Gasteiger partial charge on any atom is -0.296 e. The lowest BCUT2D eigenvalue weighted by Crippen LogP contribution is -1.98. The van der Waals surface area contributed by atoms with Gasteiger partial charge in [-0.15, -0.1) is 10.2 Å². The molecular formula is C15H9BrFN3O. The summed E-state index contributed by atoms with van der Waals surface area (Å²) in [6.45, 7) is 0. The zero-order valence-corrected chi connectivity index (χ0v) is 12.3. The maximum Gasteiger partial charge on any atom is 0.172 e. The Bertz CT molecular complexity index is 782. The van der Waals surface area contributed by atoms with Crippen molar-refractivity contribution in [3.63, 3.8) is 0 Å². The van der Waals surface area contributed by atoms with Gasteiger partial charge < -0.3 is 0 Å². The van der Waals surface area contributed by atoms with Crippen molar-refractivity contribution in [3.05, 3.63) is 64.5 Å². The van der Waals surface area contributed by atoms with Gasteiger partial charge in [0.05, 0.1) is 5.69 Å². The third kappa shape index (κ3) is 2.75. The summed E-state index contributed by atoms with van der Waals surface area (Å²) in [4.78, 5) is 12.6. The highest BCUT2D eigenvalue weighted by molar-refractivity contribution is 9.10. The molecule has 21 heavy (non-hydrogen) atoms. The zero-order chi connectivity index (χ0) is 14.8. The number of benzene rings is 2. The van der Waals surface area contributed by atoms with Crippen LogP contribution in [0.15, 0.2) is 53.0 Å². The second-order valence-electron chi connectivity index (χ2n) is 4.32. The van der Waals surface area contributed by atoms with Crippen LogP contribution in [0, 0.1) is 5.82 Å². The molecule has 0 saturated carbocycles. The van der Waals surface area contributed by atoms with E-state index >= 15 is 0 Å². The van der Waals surface area contributed by atoms with Gasteiger partial charge >= 0.3 is 0 Å². The van der Waals surface area contributed by atoms with Crippen molar-refractivity contribution in [3.8, 4) is 16.9 Å². The van der Waals surface area contributed by atoms with Crippen molar-refractivity contribution in [2.24, 2.45) is 0 Å². The van der Waals surface area contributed by atoms with Gasteiger partial charge in [0.1, 0.15) is 11.5 Å². The zero-order valence-electron chi connectivity index (χ0n) is 10.7. The topological polar surface area (TPSA) is 47.8 Å². The molecule has 0 saturated heterocycles. The molecule has 0 fully saturated rings. The average molecular weight is 346 g/mol. The van der Waals surface area contributed by atoms with E-state index in [9.17, 15) is 9.18 Å². The smallest absolute Gasteiger partial charge is 0.172 e. The first-order valence-electron chi connectivity index (χ1n) is 6.12. The third-order valence-corrected chi connectivity index (χ3v) is 3.46. The number of halogens is 2. The molecule has 0 aliphatic rings. The third-order valence-electron chi connectivity index (χ3n) is 2.93.